The Kier molecular flexibility index (Phi) is 2.52. The van der Waals surface area contributed by atoms with Crippen molar-refractivity contribution in [2.75, 3.05) is 13.1 Å². The lowest BCUT2D eigenvalue weighted by atomic mass is 9.88. The molecule has 0 spiro atoms. The van der Waals surface area contributed by atoms with Crippen LogP contribution in [0.1, 0.15) is 12.8 Å². The predicted octanol–water partition coefficient (Wildman–Crippen LogP) is 0.937. The van der Waals surface area contributed by atoms with Crippen LogP contribution in [0.25, 0.3) is 0 Å². The summed E-state index contributed by atoms with van der Waals surface area (Å²) in [5.41, 5.74) is 5.72. The number of benzene rings is 1. The van der Waals surface area contributed by atoms with Gasteiger partial charge < -0.3 is 5.73 Å². The summed E-state index contributed by atoms with van der Waals surface area (Å²) in [6, 6.07) is 5.44. The van der Waals surface area contributed by atoms with E-state index in [1.54, 1.807) is 0 Å². The Labute approximate surface area is 106 Å². The third-order valence-corrected chi connectivity index (χ3v) is 5.61. The quantitative estimate of drug-likeness (QED) is 0.889. The SMILES string of the molecule is NC1(C2CC2)CN(S(=O)(=O)c2ccccc2F)C1. The van der Waals surface area contributed by atoms with Crippen molar-refractivity contribution < 1.29 is 12.8 Å². The van der Waals surface area contributed by atoms with Gasteiger partial charge in [-0.1, -0.05) is 12.1 Å². The van der Waals surface area contributed by atoms with Gasteiger partial charge in [-0.05, 0) is 30.9 Å². The van der Waals surface area contributed by atoms with Crippen molar-refractivity contribution in [1.29, 1.82) is 0 Å². The highest BCUT2D eigenvalue weighted by Crippen LogP contribution is 2.44. The molecule has 4 nitrogen and oxygen atoms in total. The number of rotatable bonds is 3. The van der Waals surface area contributed by atoms with Gasteiger partial charge in [0.2, 0.25) is 10.0 Å². The maximum Gasteiger partial charge on any atom is 0.246 e. The first kappa shape index (κ1) is 12.1. The van der Waals surface area contributed by atoms with Crippen LogP contribution in [0.2, 0.25) is 0 Å². The normalized spacial score (nSPS) is 23.7. The molecule has 0 bridgehead atoms. The van der Waals surface area contributed by atoms with Crippen LogP contribution < -0.4 is 5.73 Å². The van der Waals surface area contributed by atoms with E-state index in [2.05, 4.69) is 0 Å². The number of sulfonamides is 1. The molecule has 1 saturated heterocycles. The van der Waals surface area contributed by atoms with E-state index in [0.29, 0.717) is 19.0 Å². The molecule has 0 aromatic heterocycles. The molecular formula is C12H15FN2O2S. The number of hydrogen-bond donors (Lipinski definition) is 1. The zero-order valence-electron chi connectivity index (χ0n) is 9.84. The molecule has 1 aromatic carbocycles. The highest BCUT2D eigenvalue weighted by Gasteiger charge is 2.54. The Morgan fingerprint density at radius 1 is 1.28 bits per heavy atom. The topological polar surface area (TPSA) is 63.4 Å². The molecule has 18 heavy (non-hydrogen) atoms. The van der Waals surface area contributed by atoms with Crippen LogP contribution in [0.3, 0.4) is 0 Å². The number of nitrogens with zero attached hydrogens (tertiary/aromatic N) is 1. The maximum absolute atomic E-state index is 13.5. The first-order valence-corrected chi connectivity index (χ1v) is 7.41. The second-order valence-corrected chi connectivity index (χ2v) is 7.12. The molecule has 3 rings (SSSR count). The molecule has 1 aliphatic heterocycles. The number of nitrogens with two attached hydrogens (primary N) is 1. The van der Waals surface area contributed by atoms with Crippen molar-refractivity contribution in [3.05, 3.63) is 30.1 Å². The summed E-state index contributed by atoms with van der Waals surface area (Å²) in [7, 11) is -3.73. The van der Waals surface area contributed by atoms with Crippen molar-refractivity contribution in [2.45, 2.75) is 23.3 Å². The van der Waals surface area contributed by atoms with E-state index in [4.69, 9.17) is 5.73 Å². The molecule has 0 unspecified atom stereocenters. The smallest absolute Gasteiger partial charge is 0.246 e. The average Bonchev–Trinajstić information content (AvgIpc) is 3.09. The number of hydrogen-bond acceptors (Lipinski definition) is 3. The van der Waals surface area contributed by atoms with E-state index < -0.39 is 21.4 Å². The predicted molar refractivity (Wildman–Crippen MR) is 64.8 cm³/mol. The Balaban J connectivity index is 1.83. The van der Waals surface area contributed by atoms with E-state index in [1.165, 1.54) is 22.5 Å². The summed E-state index contributed by atoms with van der Waals surface area (Å²) >= 11 is 0. The summed E-state index contributed by atoms with van der Waals surface area (Å²) < 4.78 is 39.2. The molecule has 0 radical (unpaired) electrons. The van der Waals surface area contributed by atoms with Crippen LogP contribution in [0.5, 0.6) is 0 Å². The lowest BCUT2D eigenvalue weighted by molar-refractivity contribution is 0.135. The molecule has 6 heteroatoms. The van der Waals surface area contributed by atoms with Crippen molar-refractivity contribution in [1.82, 2.24) is 4.31 Å². The first-order chi connectivity index (χ1) is 8.43. The van der Waals surface area contributed by atoms with Gasteiger partial charge in [0.05, 0.1) is 0 Å². The zero-order chi connectivity index (χ0) is 13.0. The van der Waals surface area contributed by atoms with Crippen molar-refractivity contribution in [3.8, 4) is 0 Å². The molecule has 1 saturated carbocycles. The molecule has 2 aliphatic rings. The lowest BCUT2D eigenvalue weighted by Gasteiger charge is -2.47. The molecule has 2 fully saturated rings. The van der Waals surface area contributed by atoms with Gasteiger partial charge in [0.25, 0.3) is 0 Å². The van der Waals surface area contributed by atoms with Gasteiger partial charge in [-0.2, -0.15) is 4.31 Å². The summed E-state index contributed by atoms with van der Waals surface area (Å²) in [5, 5.41) is 0. The molecule has 98 valence electrons. The molecule has 1 aromatic rings. The number of halogens is 1. The average molecular weight is 270 g/mol. The fourth-order valence-electron chi connectivity index (χ4n) is 2.49. The fourth-order valence-corrected chi connectivity index (χ4v) is 4.15. The molecule has 0 amide bonds. The standard InChI is InChI=1S/C12H15FN2O2S/c13-10-3-1-2-4-11(10)18(16,17)15-7-12(14,8-15)9-5-6-9/h1-4,9H,5-8,14H2. The molecular weight excluding hydrogens is 255 g/mol. The fraction of sp³-hybridized carbons (Fsp3) is 0.500. The third kappa shape index (κ3) is 1.75. The molecule has 1 heterocycles. The van der Waals surface area contributed by atoms with Crippen molar-refractivity contribution in [2.24, 2.45) is 11.7 Å². The van der Waals surface area contributed by atoms with Crippen LogP contribution in [0, 0.1) is 11.7 Å². The second kappa shape index (κ2) is 3.76. The lowest BCUT2D eigenvalue weighted by Crippen LogP contribution is -2.69. The third-order valence-electron chi connectivity index (χ3n) is 3.79. The van der Waals surface area contributed by atoms with Gasteiger partial charge in [-0.15, -0.1) is 0 Å². The van der Waals surface area contributed by atoms with Gasteiger partial charge in [0, 0.05) is 18.6 Å². The minimum Gasteiger partial charge on any atom is -0.323 e. The Morgan fingerprint density at radius 2 is 1.89 bits per heavy atom. The Hall–Kier alpha value is -0.980. The highest BCUT2D eigenvalue weighted by atomic mass is 32.2. The van der Waals surface area contributed by atoms with Crippen LogP contribution in [-0.2, 0) is 10.0 Å². The van der Waals surface area contributed by atoms with Gasteiger partial charge in [-0.25, -0.2) is 12.8 Å². The van der Waals surface area contributed by atoms with E-state index in [9.17, 15) is 12.8 Å². The molecule has 0 atom stereocenters. The van der Waals surface area contributed by atoms with Gasteiger partial charge in [0.15, 0.2) is 0 Å². The largest absolute Gasteiger partial charge is 0.323 e. The molecule has 2 N–H and O–H groups in total. The van der Waals surface area contributed by atoms with Gasteiger partial charge >= 0.3 is 0 Å². The zero-order valence-corrected chi connectivity index (χ0v) is 10.7. The van der Waals surface area contributed by atoms with E-state index >= 15 is 0 Å². The maximum atomic E-state index is 13.5. The highest BCUT2D eigenvalue weighted by molar-refractivity contribution is 7.89. The van der Waals surface area contributed by atoms with Crippen molar-refractivity contribution in [3.63, 3.8) is 0 Å². The van der Waals surface area contributed by atoms with E-state index in [1.807, 2.05) is 0 Å². The van der Waals surface area contributed by atoms with Crippen molar-refractivity contribution >= 4 is 10.0 Å². The van der Waals surface area contributed by atoms with E-state index in [-0.39, 0.29) is 4.90 Å². The van der Waals surface area contributed by atoms with Crippen LogP contribution in [-0.4, -0.2) is 31.4 Å². The summed E-state index contributed by atoms with van der Waals surface area (Å²) in [5.74, 6) is -0.275. The Morgan fingerprint density at radius 3 is 2.44 bits per heavy atom. The minimum absolute atomic E-state index is 0.261. The van der Waals surface area contributed by atoms with E-state index in [0.717, 1.165) is 18.9 Å². The first-order valence-electron chi connectivity index (χ1n) is 5.97. The molecule has 1 aliphatic carbocycles. The Bertz CT molecular complexity index is 577. The second-order valence-electron chi connectivity index (χ2n) is 5.21. The summed E-state index contributed by atoms with van der Waals surface area (Å²) in [6.45, 7) is 0.600. The summed E-state index contributed by atoms with van der Waals surface area (Å²) in [6.07, 6.45) is 2.15. The van der Waals surface area contributed by atoms with Crippen LogP contribution in [0.4, 0.5) is 4.39 Å². The summed E-state index contributed by atoms with van der Waals surface area (Å²) in [4.78, 5) is -0.261. The monoisotopic (exact) mass is 270 g/mol. The van der Waals surface area contributed by atoms with Crippen LogP contribution >= 0.6 is 0 Å². The van der Waals surface area contributed by atoms with Gasteiger partial charge in [0.1, 0.15) is 10.7 Å². The minimum atomic E-state index is -3.73. The van der Waals surface area contributed by atoms with Gasteiger partial charge in [-0.3, -0.25) is 0 Å². The van der Waals surface area contributed by atoms with Crippen LogP contribution in [0.15, 0.2) is 29.2 Å².